The fraction of sp³-hybridized carbons (Fsp3) is 0.462. The highest BCUT2D eigenvalue weighted by atomic mass is 16.4. The number of carbonyl (C=O) groups is 1. The molecular formula is C13H18N2O4. The van der Waals surface area contributed by atoms with Crippen LogP contribution in [-0.4, -0.2) is 58.2 Å². The van der Waals surface area contributed by atoms with Crippen LogP contribution in [0.5, 0.6) is 0 Å². The summed E-state index contributed by atoms with van der Waals surface area (Å²) in [6.07, 6.45) is -2.61. The minimum Gasteiger partial charge on any atom is -0.465 e. The number of amides is 1. The highest BCUT2D eigenvalue weighted by molar-refractivity contribution is 5.65. The van der Waals surface area contributed by atoms with Crippen molar-refractivity contribution in [2.24, 2.45) is 0 Å². The van der Waals surface area contributed by atoms with E-state index in [-0.39, 0.29) is 6.04 Å². The number of nitrogens with zero attached hydrogens (tertiary/aromatic N) is 1. The van der Waals surface area contributed by atoms with Crippen LogP contribution in [0.2, 0.25) is 0 Å². The summed E-state index contributed by atoms with van der Waals surface area (Å²) in [5.41, 5.74) is 0.862. The molecule has 0 aliphatic carbocycles. The summed E-state index contributed by atoms with van der Waals surface area (Å²) in [5.74, 6) is 0. The number of carboxylic acid groups (broad SMARTS) is 1. The lowest BCUT2D eigenvalue weighted by molar-refractivity contribution is 0.0572. The smallest absolute Gasteiger partial charge is 0.405 e. The molecule has 1 aliphatic heterocycles. The Labute approximate surface area is 111 Å². The average molecular weight is 266 g/mol. The number of benzene rings is 1. The Morgan fingerprint density at radius 1 is 1.26 bits per heavy atom. The number of β-amino-alcohol motifs (C(OH)–C–C–N with tert-alkyl or cyclic N) is 2. The van der Waals surface area contributed by atoms with Crippen LogP contribution < -0.4 is 5.32 Å². The fourth-order valence-electron chi connectivity index (χ4n) is 2.32. The molecule has 1 amide bonds. The zero-order chi connectivity index (χ0) is 13.8. The Balaban J connectivity index is 2.05. The van der Waals surface area contributed by atoms with Crippen molar-refractivity contribution in [2.75, 3.05) is 19.6 Å². The number of hydrogen-bond acceptors (Lipinski definition) is 4. The Morgan fingerprint density at radius 3 is 2.37 bits per heavy atom. The van der Waals surface area contributed by atoms with Gasteiger partial charge in [-0.2, -0.15) is 0 Å². The van der Waals surface area contributed by atoms with Gasteiger partial charge in [-0.05, 0) is 5.56 Å². The lowest BCUT2D eigenvalue weighted by Crippen LogP contribution is -2.37. The number of aliphatic hydroxyl groups is 2. The van der Waals surface area contributed by atoms with E-state index in [1.54, 1.807) is 0 Å². The Hall–Kier alpha value is -1.63. The molecule has 4 N–H and O–H groups in total. The van der Waals surface area contributed by atoms with Crippen LogP contribution in [0.1, 0.15) is 11.6 Å². The number of nitrogens with one attached hydrogen (secondary N) is 1. The fourth-order valence-corrected chi connectivity index (χ4v) is 2.32. The van der Waals surface area contributed by atoms with Gasteiger partial charge in [0.05, 0.1) is 18.2 Å². The molecule has 0 spiro atoms. The predicted molar refractivity (Wildman–Crippen MR) is 68.8 cm³/mol. The summed E-state index contributed by atoms with van der Waals surface area (Å²) >= 11 is 0. The van der Waals surface area contributed by atoms with Crippen LogP contribution in [0.25, 0.3) is 0 Å². The summed E-state index contributed by atoms with van der Waals surface area (Å²) in [6, 6.07) is 8.88. The first kappa shape index (κ1) is 13.8. The van der Waals surface area contributed by atoms with Gasteiger partial charge in [-0.1, -0.05) is 30.3 Å². The van der Waals surface area contributed by atoms with Crippen molar-refractivity contribution in [3.8, 4) is 0 Å². The van der Waals surface area contributed by atoms with Gasteiger partial charge in [0.2, 0.25) is 0 Å². The molecule has 104 valence electrons. The summed E-state index contributed by atoms with van der Waals surface area (Å²) < 4.78 is 0. The molecule has 1 aliphatic rings. The van der Waals surface area contributed by atoms with Crippen molar-refractivity contribution in [3.05, 3.63) is 35.9 Å². The van der Waals surface area contributed by atoms with Crippen molar-refractivity contribution >= 4 is 6.09 Å². The van der Waals surface area contributed by atoms with E-state index in [0.29, 0.717) is 19.6 Å². The van der Waals surface area contributed by atoms with E-state index in [1.807, 2.05) is 35.2 Å². The molecule has 1 heterocycles. The van der Waals surface area contributed by atoms with E-state index in [0.717, 1.165) is 5.56 Å². The predicted octanol–water partition coefficient (Wildman–Crippen LogP) is 0.0327. The quantitative estimate of drug-likeness (QED) is 0.617. The second kappa shape index (κ2) is 6.01. The molecule has 6 heteroatoms. The van der Waals surface area contributed by atoms with Crippen LogP contribution in [0.4, 0.5) is 4.79 Å². The molecule has 1 aromatic carbocycles. The molecule has 1 aromatic rings. The average Bonchev–Trinajstić information content (AvgIpc) is 2.68. The van der Waals surface area contributed by atoms with E-state index < -0.39 is 18.3 Å². The van der Waals surface area contributed by atoms with Crippen molar-refractivity contribution in [2.45, 2.75) is 18.2 Å². The monoisotopic (exact) mass is 266 g/mol. The van der Waals surface area contributed by atoms with Gasteiger partial charge in [-0.25, -0.2) is 4.79 Å². The third-order valence-corrected chi connectivity index (χ3v) is 3.28. The maximum Gasteiger partial charge on any atom is 0.405 e. The van der Waals surface area contributed by atoms with Gasteiger partial charge >= 0.3 is 6.09 Å². The van der Waals surface area contributed by atoms with Crippen LogP contribution in [0.15, 0.2) is 30.3 Å². The molecular weight excluding hydrogens is 248 g/mol. The molecule has 2 rings (SSSR count). The molecule has 0 unspecified atom stereocenters. The largest absolute Gasteiger partial charge is 0.465 e. The second-order valence-corrected chi connectivity index (χ2v) is 4.77. The zero-order valence-corrected chi connectivity index (χ0v) is 10.4. The van der Waals surface area contributed by atoms with Gasteiger partial charge in [0, 0.05) is 19.6 Å². The summed E-state index contributed by atoms with van der Waals surface area (Å²) in [6.45, 7) is 1.13. The topological polar surface area (TPSA) is 93.0 Å². The summed E-state index contributed by atoms with van der Waals surface area (Å²) in [5, 5.41) is 30.4. The molecule has 1 saturated heterocycles. The zero-order valence-electron chi connectivity index (χ0n) is 10.4. The first-order valence-corrected chi connectivity index (χ1v) is 6.19. The van der Waals surface area contributed by atoms with E-state index >= 15 is 0 Å². The van der Waals surface area contributed by atoms with Crippen LogP contribution in [-0.2, 0) is 0 Å². The van der Waals surface area contributed by atoms with Gasteiger partial charge in [-0.3, -0.25) is 4.90 Å². The molecule has 19 heavy (non-hydrogen) atoms. The molecule has 0 saturated carbocycles. The van der Waals surface area contributed by atoms with Crippen LogP contribution in [0, 0.1) is 0 Å². The van der Waals surface area contributed by atoms with Gasteiger partial charge < -0.3 is 20.6 Å². The maximum absolute atomic E-state index is 10.9. The van der Waals surface area contributed by atoms with E-state index in [9.17, 15) is 15.0 Å². The van der Waals surface area contributed by atoms with Crippen molar-refractivity contribution < 1.29 is 20.1 Å². The van der Waals surface area contributed by atoms with E-state index in [2.05, 4.69) is 5.32 Å². The van der Waals surface area contributed by atoms with Crippen LogP contribution >= 0.6 is 0 Å². The SMILES string of the molecule is O=C(O)N[C@H](CN1C[C@@H](O)[C@H](O)C1)c1ccccc1. The molecule has 0 bridgehead atoms. The van der Waals surface area contributed by atoms with Gasteiger partial charge in [0.15, 0.2) is 0 Å². The van der Waals surface area contributed by atoms with Crippen molar-refractivity contribution in [1.29, 1.82) is 0 Å². The summed E-state index contributed by atoms with van der Waals surface area (Å²) in [7, 11) is 0. The first-order chi connectivity index (χ1) is 9.06. The number of hydrogen-bond donors (Lipinski definition) is 4. The minimum atomic E-state index is -1.09. The molecule has 6 nitrogen and oxygen atoms in total. The van der Waals surface area contributed by atoms with Crippen molar-refractivity contribution in [3.63, 3.8) is 0 Å². The molecule has 1 fully saturated rings. The third kappa shape index (κ3) is 3.66. The summed E-state index contributed by atoms with van der Waals surface area (Å²) in [4.78, 5) is 12.7. The number of rotatable bonds is 4. The lowest BCUT2D eigenvalue weighted by Gasteiger charge is -2.23. The van der Waals surface area contributed by atoms with Crippen LogP contribution in [0.3, 0.4) is 0 Å². The molecule has 0 aromatic heterocycles. The van der Waals surface area contributed by atoms with E-state index in [4.69, 9.17) is 5.11 Å². The first-order valence-electron chi connectivity index (χ1n) is 6.19. The Morgan fingerprint density at radius 2 is 1.84 bits per heavy atom. The second-order valence-electron chi connectivity index (χ2n) is 4.77. The normalized spacial score (nSPS) is 25.2. The third-order valence-electron chi connectivity index (χ3n) is 3.28. The lowest BCUT2D eigenvalue weighted by atomic mass is 10.1. The Kier molecular flexibility index (Phi) is 4.36. The number of aliphatic hydroxyl groups excluding tert-OH is 2. The standard InChI is InChI=1S/C13H18N2O4/c16-11-7-15(8-12(11)17)6-10(14-13(18)19)9-4-2-1-3-5-9/h1-5,10-12,14,16-17H,6-8H2,(H,18,19)/t10-,11-,12-/m1/s1. The molecule has 0 radical (unpaired) electrons. The van der Waals surface area contributed by atoms with E-state index in [1.165, 1.54) is 0 Å². The van der Waals surface area contributed by atoms with Gasteiger partial charge in [0.25, 0.3) is 0 Å². The van der Waals surface area contributed by atoms with Crippen molar-refractivity contribution in [1.82, 2.24) is 10.2 Å². The van der Waals surface area contributed by atoms with Gasteiger partial charge in [0.1, 0.15) is 0 Å². The number of likely N-dealkylation sites (tertiary alicyclic amines) is 1. The highest BCUT2D eigenvalue weighted by Crippen LogP contribution is 2.18. The Bertz CT molecular complexity index is 416. The van der Waals surface area contributed by atoms with Gasteiger partial charge in [-0.15, -0.1) is 0 Å². The highest BCUT2D eigenvalue weighted by Gasteiger charge is 2.31. The molecule has 3 atom stereocenters. The maximum atomic E-state index is 10.9. The minimum absolute atomic E-state index is 0.353.